The zero-order valence-corrected chi connectivity index (χ0v) is 20.0. The summed E-state index contributed by atoms with van der Waals surface area (Å²) in [6.45, 7) is 0. The Labute approximate surface area is 206 Å². The smallest absolute Gasteiger partial charge is 0.257 e. The van der Waals surface area contributed by atoms with Crippen LogP contribution in [-0.4, -0.2) is 58.2 Å². The molecule has 3 aromatic heterocycles. The number of hydrogen-bond acceptors (Lipinski definition) is 9. The third-order valence-corrected chi connectivity index (χ3v) is 6.04. The van der Waals surface area contributed by atoms with Crippen LogP contribution in [0, 0.1) is 11.6 Å². The number of anilines is 4. The summed E-state index contributed by atoms with van der Waals surface area (Å²) in [5, 5.41) is 6.67. The first kappa shape index (κ1) is 23.6. The first-order valence-electron chi connectivity index (χ1n) is 11.4. The number of rotatable bonds is 8. The number of nitrogens with zero attached hydrogens (tertiary/aromatic N) is 5. The number of benzene rings is 1. The zero-order valence-electron chi connectivity index (χ0n) is 20.0. The van der Waals surface area contributed by atoms with Crippen LogP contribution in [0.25, 0.3) is 10.9 Å². The quantitative estimate of drug-likeness (QED) is 0.363. The van der Waals surface area contributed by atoms with E-state index in [9.17, 15) is 8.78 Å². The summed E-state index contributed by atoms with van der Waals surface area (Å²) in [6.07, 6.45) is 6.64. The van der Waals surface area contributed by atoms with E-state index in [1.165, 1.54) is 12.3 Å². The van der Waals surface area contributed by atoms with Gasteiger partial charge in [0.25, 0.3) is 5.88 Å². The third kappa shape index (κ3) is 4.96. The largest absolute Gasteiger partial charge is 0.491 e. The second-order valence-corrected chi connectivity index (χ2v) is 8.73. The van der Waals surface area contributed by atoms with Crippen molar-refractivity contribution in [1.82, 2.24) is 24.8 Å². The summed E-state index contributed by atoms with van der Waals surface area (Å²) in [4.78, 5) is 19.3. The normalized spacial score (nSPS) is 17.1. The van der Waals surface area contributed by atoms with Gasteiger partial charge in [0.2, 0.25) is 5.95 Å². The molecule has 0 radical (unpaired) electrons. The van der Waals surface area contributed by atoms with Gasteiger partial charge in [-0.15, -0.1) is 0 Å². The van der Waals surface area contributed by atoms with E-state index in [2.05, 4.69) is 49.6 Å². The van der Waals surface area contributed by atoms with Crippen molar-refractivity contribution < 1.29 is 18.3 Å². The van der Waals surface area contributed by atoms with Gasteiger partial charge < -0.3 is 25.0 Å². The van der Waals surface area contributed by atoms with Gasteiger partial charge in [-0.05, 0) is 38.4 Å². The van der Waals surface area contributed by atoms with Crippen LogP contribution in [0.3, 0.4) is 0 Å². The van der Waals surface area contributed by atoms with Crippen molar-refractivity contribution in [2.24, 2.45) is 0 Å². The lowest BCUT2D eigenvalue weighted by atomic mass is 9.88. The maximum Gasteiger partial charge on any atom is 0.257 e. The number of ether oxygens (including phenoxy) is 2. The molecule has 0 saturated heterocycles. The summed E-state index contributed by atoms with van der Waals surface area (Å²) in [5.74, 6) is -0.147. The van der Waals surface area contributed by atoms with Crippen LogP contribution in [0.1, 0.15) is 12.8 Å². The minimum Gasteiger partial charge on any atom is -0.491 e. The first-order chi connectivity index (χ1) is 17.4. The van der Waals surface area contributed by atoms with E-state index >= 15 is 0 Å². The van der Waals surface area contributed by atoms with E-state index < -0.39 is 11.6 Å². The van der Waals surface area contributed by atoms with Crippen LogP contribution in [-0.2, 0) is 0 Å². The second kappa shape index (κ2) is 9.86. The van der Waals surface area contributed by atoms with Crippen LogP contribution >= 0.6 is 0 Å². The van der Waals surface area contributed by atoms with Gasteiger partial charge in [-0.3, -0.25) is 4.98 Å². The van der Waals surface area contributed by atoms with E-state index in [4.69, 9.17) is 9.47 Å². The molecule has 0 aliphatic heterocycles. The molecular weight excluding hydrogens is 468 g/mol. The van der Waals surface area contributed by atoms with Crippen LogP contribution in [0.4, 0.5) is 31.9 Å². The Kier molecular flexibility index (Phi) is 6.47. The molecule has 4 aromatic rings. The molecule has 1 aliphatic carbocycles. The van der Waals surface area contributed by atoms with Crippen LogP contribution in [0.5, 0.6) is 11.6 Å². The Hall–Kier alpha value is -4.12. The third-order valence-electron chi connectivity index (χ3n) is 6.04. The maximum absolute atomic E-state index is 13.9. The summed E-state index contributed by atoms with van der Waals surface area (Å²) < 4.78 is 38.8. The van der Waals surface area contributed by atoms with Gasteiger partial charge in [0.15, 0.2) is 17.4 Å². The summed E-state index contributed by atoms with van der Waals surface area (Å²) >= 11 is 0. The highest BCUT2D eigenvalue weighted by Gasteiger charge is 2.33. The van der Waals surface area contributed by atoms with Gasteiger partial charge in [0.1, 0.15) is 17.4 Å². The molecular formula is C25H25F2N7O2. The fourth-order valence-electron chi connectivity index (χ4n) is 3.92. The van der Waals surface area contributed by atoms with Gasteiger partial charge in [0, 0.05) is 36.5 Å². The number of pyridine rings is 2. The molecule has 9 nitrogen and oxygen atoms in total. The predicted molar refractivity (Wildman–Crippen MR) is 132 cm³/mol. The summed E-state index contributed by atoms with van der Waals surface area (Å²) in [5.41, 5.74) is 1.16. The number of fused-ring (bicyclic) bond motifs is 1. The molecule has 1 aromatic carbocycles. The van der Waals surface area contributed by atoms with E-state index in [1.54, 1.807) is 37.7 Å². The Morgan fingerprint density at radius 2 is 1.75 bits per heavy atom. The molecule has 36 heavy (non-hydrogen) atoms. The Balaban J connectivity index is 1.27. The highest BCUT2D eigenvalue weighted by molar-refractivity contribution is 5.83. The Morgan fingerprint density at radius 3 is 2.53 bits per heavy atom. The van der Waals surface area contributed by atoms with Gasteiger partial charge in [-0.25, -0.2) is 18.7 Å². The monoisotopic (exact) mass is 493 g/mol. The number of hydrogen-bond donors (Lipinski definition) is 2. The molecule has 1 saturated carbocycles. The van der Waals surface area contributed by atoms with E-state index in [-0.39, 0.29) is 11.6 Å². The number of aromatic nitrogens is 4. The highest BCUT2D eigenvalue weighted by atomic mass is 19.2. The highest BCUT2D eigenvalue weighted by Crippen LogP contribution is 2.34. The summed E-state index contributed by atoms with van der Waals surface area (Å²) in [6, 6.07) is 8.18. The lowest BCUT2D eigenvalue weighted by molar-refractivity contribution is 0.0351. The molecule has 0 spiro atoms. The second-order valence-electron chi connectivity index (χ2n) is 8.73. The average Bonchev–Trinajstić information content (AvgIpc) is 2.84. The standard InChI is InChI=1S/C25H25F2N7O2/c1-34(2)17-10-18(11-17)36-24-20(35-3)9-16(13-30-24)32-25-28-7-6-21(33-25)31-15-8-14-4-5-19(26)22(27)23(14)29-12-15/h4-9,12-13,17-18H,10-11H2,1-3H3,(H2,28,31,32,33). The zero-order chi connectivity index (χ0) is 25.2. The minimum absolute atomic E-state index is 0.0331. The molecule has 186 valence electrons. The molecule has 0 amide bonds. The Morgan fingerprint density at radius 1 is 0.972 bits per heavy atom. The van der Waals surface area contributed by atoms with E-state index in [1.807, 2.05) is 0 Å². The molecule has 0 unspecified atom stereocenters. The van der Waals surface area contributed by atoms with Gasteiger partial charge in [-0.2, -0.15) is 4.98 Å². The van der Waals surface area contributed by atoms with E-state index in [0.717, 1.165) is 18.9 Å². The maximum atomic E-state index is 13.9. The van der Waals surface area contributed by atoms with Gasteiger partial charge in [0.05, 0.1) is 30.9 Å². The molecule has 0 atom stereocenters. The van der Waals surface area contributed by atoms with Gasteiger partial charge >= 0.3 is 0 Å². The van der Waals surface area contributed by atoms with Crippen molar-refractivity contribution in [3.8, 4) is 11.6 Å². The van der Waals surface area contributed by atoms with E-state index in [0.29, 0.717) is 46.2 Å². The molecule has 3 heterocycles. The van der Waals surface area contributed by atoms with Crippen LogP contribution in [0.15, 0.2) is 48.9 Å². The minimum atomic E-state index is -0.974. The first-order valence-corrected chi connectivity index (χ1v) is 11.4. The lowest BCUT2D eigenvalue weighted by Gasteiger charge is -2.39. The van der Waals surface area contributed by atoms with Crippen LogP contribution < -0.4 is 20.1 Å². The van der Waals surface area contributed by atoms with Crippen molar-refractivity contribution in [1.29, 1.82) is 0 Å². The molecule has 5 rings (SSSR count). The van der Waals surface area contributed by atoms with Crippen molar-refractivity contribution >= 4 is 34.0 Å². The number of methoxy groups -OCH3 is 1. The number of halogens is 2. The molecule has 0 bridgehead atoms. The average molecular weight is 494 g/mol. The molecule has 1 aliphatic rings. The fraction of sp³-hybridized carbons (Fsp3) is 0.280. The summed E-state index contributed by atoms with van der Waals surface area (Å²) in [7, 11) is 5.69. The predicted octanol–water partition coefficient (Wildman–Crippen LogP) is 4.67. The molecule has 11 heteroatoms. The van der Waals surface area contributed by atoms with Crippen LogP contribution in [0.2, 0.25) is 0 Å². The van der Waals surface area contributed by atoms with Crippen molar-refractivity contribution in [2.45, 2.75) is 25.0 Å². The Bertz CT molecular complexity index is 1400. The molecule has 1 fully saturated rings. The van der Waals surface area contributed by atoms with Gasteiger partial charge in [-0.1, -0.05) is 0 Å². The fourth-order valence-corrected chi connectivity index (χ4v) is 3.92. The van der Waals surface area contributed by atoms with Crippen molar-refractivity contribution in [3.63, 3.8) is 0 Å². The topological polar surface area (TPSA) is 97.3 Å². The molecule has 2 N–H and O–H groups in total. The number of nitrogens with one attached hydrogen (secondary N) is 2. The SMILES string of the molecule is COc1cc(Nc2nccc(Nc3cnc4c(F)c(F)ccc4c3)n2)cnc1OC1CC(N(C)C)C1. The van der Waals surface area contributed by atoms with Crippen molar-refractivity contribution in [3.05, 3.63) is 60.6 Å². The van der Waals surface area contributed by atoms with Crippen molar-refractivity contribution in [2.75, 3.05) is 31.8 Å². The lowest BCUT2D eigenvalue weighted by Crippen LogP contribution is -2.46.